The van der Waals surface area contributed by atoms with Crippen LogP contribution in [0.15, 0.2) is 24.3 Å². The number of carbonyl (C=O) groups excluding carboxylic acids is 2. The number of ether oxygens (including phenoxy) is 1. The molecule has 0 spiro atoms. The van der Waals surface area contributed by atoms with Crippen molar-refractivity contribution in [1.82, 2.24) is 15.1 Å². The van der Waals surface area contributed by atoms with Crippen molar-refractivity contribution in [3.63, 3.8) is 0 Å². The third kappa shape index (κ3) is 3.52. The van der Waals surface area contributed by atoms with Crippen LogP contribution >= 0.6 is 10.0 Å². The van der Waals surface area contributed by atoms with Gasteiger partial charge in [-0.25, -0.2) is 14.8 Å². The van der Waals surface area contributed by atoms with Crippen molar-refractivity contribution in [2.75, 3.05) is 36.5 Å². The number of aromatic amines is 1. The van der Waals surface area contributed by atoms with Gasteiger partial charge < -0.3 is 20.3 Å². The molecule has 0 unspecified atom stereocenters. The molecule has 8 nitrogen and oxygen atoms in total. The van der Waals surface area contributed by atoms with E-state index in [0.717, 1.165) is 36.3 Å². The number of carbonyl (C=O) groups is 2. The molecule has 1 aliphatic carbocycles. The van der Waals surface area contributed by atoms with E-state index in [2.05, 4.69) is 39.6 Å². The number of hydrogen-bond acceptors (Lipinski definition) is 4. The van der Waals surface area contributed by atoms with E-state index in [1.54, 1.807) is 36.3 Å². The van der Waals surface area contributed by atoms with Gasteiger partial charge in [0.05, 0.1) is 29.6 Å². The average Bonchev–Trinajstić information content (AvgIpc) is 3.18. The maximum Gasteiger partial charge on any atom is 0.322 e. The summed E-state index contributed by atoms with van der Waals surface area (Å²) in [6, 6.07) is 7.01. The van der Waals surface area contributed by atoms with Crippen LogP contribution < -0.4 is 15.4 Å². The van der Waals surface area contributed by atoms with Gasteiger partial charge in [-0.05, 0) is 76.1 Å². The molecule has 32 heavy (non-hydrogen) atoms. The Hall–Kier alpha value is -2.68. The second kappa shape index (κ2) is 7.72. The third-order valence-electron chi connectivity index (χ3n) is 7.04. The Balaban J connectivity index is 1.52. The number of aromatic nitrogens is 2. The van der Waals surface area contributed by atoms with Crippen LogP contribution in [-0.2, 0) is 16.9 Å². The summed E-state index contributed by atoms with van der Waals surface area (Å²) in [5.41, 5.74) is 1.81. The van der Waals surface area contributed by atoms with Gasteiger partial charge in [-0.2, -0.15) is 5.10 Å². The van der Waals surface area contributed by atoms with Gasteiger partial charge in [-0.15, -0.1) is 0 Å². The first kappa shape index (κ1) is 22.5. The Bertz CT molecular complexity index is 1030. The van der Waals surface area contributed by atoms with Crippen LogP contribution in [-0.4, -0.2) is 57.7 Å². The lowest BCUT2D eigenvalue weighted by Crippen LogP contribution is -2.51. The predicted octanol–water partition coefficient (Wildman–Crippen LogP) is 4.26. The lowest BCUT2D eigenvalue weighted by molar-refractivity contribution is -0.120. The summed E-state index contributed by atoms with van der Waals surface area (Å²) < 4.78 is 4.88. The highest BCUT2D eigenvalue weighted by atomic mass is 32.3. The first-order valence-electron chi connectivity index (χ1n) is 10.8. The summed E-state index contributed by atoms with van der Waals surface area (Å²) in [7, 11) is 0.541. The maximum atomic E-state index is 13.3. The number of hydrogen-bond donors (Lipinski definition) is 3. The van der Waals surface area contributed by atoms with Crippen LogP contribution in [0.1, 0.15) is 44.4 Å². The van der Waals surface area contributed by atoms with E-state index >= 15 is 0 Å². The van der Waals surface area contributed by atoms with Crippen LogP contribution in [0.5, 0.6) is 5.75 Å². The summed E-state index contributed by atoms with van der Waals surface area (Å²) in [6.07, 6.45) is 9.54. The summed E-state index contributed by atoms with van der Waals surface area (Å²) in [4.78, 5) is 28.1. The monoisotopic (exact) mass is 459 g/mol. The molecule has 1 aromatic carbocycles. The first-order valence-corrected chi connectivity index (χ1v) is 13.6. The molecule has 0 saturated heterocycles. The number of urea groups is 1. The van der Waals surface area contributed by atoms with E-state index in [1.165, 1.54) is 0 Å². The van der Waals surface area contributed by atoms with Crippen molar-refractivity contribution in [2.24, 2.45) is 0 Å². The van der Waals surface area contributed by atoms with Crippen molar-refractivity contribution in [2.45, 2.75) is 49.9 Å². The predicted molar refractivity (Wildman–Crippen MR) is 130 cm³/mol. The van der Waals surface area contributed by atoms with Gasteiger partial charge in [0.25, 0.3) is 0 Å². The molecule has 3 amide bonds. The second-order valence-electron chi connectivity index (χ2n) is 9.87. The van der Waals surface area contributed by atoms with E-state index in [1.807, 2.05) is 13.8 Å². The number of methoxy groups -OCH3 is 1. The number of amides is 3. The van der Waals surface area contributed by atoms with E-state index in [-0.39, 0.29) is 16.7 Å². The lowest BCUT2D eigenvalue weighted by Gasteiger charge is -2.53. The molecular weight excluding hydrogens is 426 g/mol. The van der Waals surface area contributed by atoms with Gasteiger partial charge in [0.15, 0.2) is 5.82 Å². The normalized spacial score (nSPS) is 19.0. The SMILES string of the molecule is COc1ccc(NC(=O)N2Cc3c(NC(=O)C4(S(C)(C)C)CCC4)n[nH]c3C2(C)C)cc1. The van der Waals surface area contributed by atoms with Gasteiger partial charge in [0, 0.05) is 11.3 Å². The topological polar surface area (TPSA) is 99.3 Å². The lowest BCUT2D eigenvalue weighted by atomic mass is 9.83. The molecule has 2 aliphatic rings. The molecule has 1 aliphatic heterocycles. The Kier molecular flexibility index (Phi) is 5.43. The summed E-state index contributed by atoms with van der Waals surface area (Å²) in [5.74, 6) is 1.32. The molecule has 4 rings (SSSR count). The van der Waals surface area contributed by atoms with Gasteiger partial charge in [-0.3, -0.25) is 9.89 Å². The zero-order chi connectivity index (χ0) is 23.3. The molecule has 3 N–H and O–H groups in total. The average molecular weight is 460 g/mol. The number of anilines is 2. The summed E-state index contributed by atoms with van der Waals surface area (Å²) >= 11 is 0. The van der Waals surface area contributed by atoms with Crippen molar-refractivity contribution < 1.29 is 14.3 Å². The Morgan fingerprint density at radius 1 is 1.12 bits per heavy atom. The standard InChI is InChI=1S/C23H33N5O3S/c1-22(2)18-17(14-28(22)21(30)24-15-8-10-16(31-3)11-9-15)19(27-26-18)25-20(29)23(12-7-13-23)32(4,5)6/h8-11H,7,12-14H2,1-6H3,(H,24,30)(H2,25,26,27,29). The summed E-state index contributed by atoms with van der Waals surface area (Å²) in [6.45, 7) is 4.32. The van der Waals surface area contributed by atoms with Crippen LogP contribution in [0.25, 0.3) is 0 Å². The van der Waals surface area contributed by atoms with Crippen LogP contribution in [0.3, 0.4) is 0 Å². The molecule has 0 bridgehead atoms. The minimum Gasteiger partial charge on any atom is -0.497 e. The molecular formula is C23H33N5O3S. The molecule has 2 heterocycles. The highest BCUT2D eigenvalue weighted by Gasteiger charge is 2.51. The summed E-state index contributed by atoms with van der Waals surface area (Å²) in [5, 5.41) is 13.5. The fourth-order valence-corrected chi connectivity index (χ4v) is 6.77. The molecule has 1 fully saturated rings. The van der Waals surface area contributed by atoms with Crippen molar-refractivity contribution in [3.8, 4) is 5.75 Å². The van der Waals surface area contributed by atoms with Gasteiger partial charge >= 0.3 is 6.03 Å². The fraction of sp³-hybridized carbons (Fsp3) is 0.522. The highest BCUT2D eigenvalue weighted by Crippen LogP contribution is 2.60. The minimum absolute atomic E-state index is 0.0551. The maximum absolute atomic E-state index is 13.3. The Labute approximate surface area is 190 Å². The molecule has 174 valence electrons. The molecule has 2 aromatic rings. The van der Waals surface area contributed by atoms with Crippen molar-refractivity contribution in [1.29, 1.82) is 0 Å². The largest absolute Gasteiger partial charge is 0.497 e. The van der Waals surface area contributed by atoms with Crippen molar-refractivity contribution in [3.05, 3.63) is 35.5 Å². The Morgan fingerprint density at radius 3 is 2.31 bits per heavy atom. The highest BCUT2D eigenvalue weighted by molar-refractivity contribution is 8.33. The van der Waals surface area contributed by atoms with Gasteiger partial charge in [-0.1, -0.05) is 0 Å². The molecule has 0 radical (unpaired) electrons. The number of nitrogens with zero attached hydrogens (tertiary/aromatic N) is 2. The quantitative estimate of drug-likeness (QED) is 0.622. The van der Waals surface area contributed by atoms with Gasteiger partial charge in [0.2, 0.25) is 5.91 Å². The van der Waals surface area contributed by atoms with E-state index in [9.17, 15) is 9.59 Å². The number of fused-ring (bicyclic) bond motifs is 1. The van der Waals surface area contributed by atoms with E-state index < -0.39 is 15.6 Å². The molecule has 1 aromatic heterocycles. The Morgan fingerprint density at radius 2 is 1.78 bits per heavy atom. The number of benzene rings is 1. The first-order chi connectivity index (χ1) is 15.0. The molecule has 1 saturated carbocycles. The van der Waals surface area contributed by atoms with E-state index in [0.29, 0.717) is 18.1 Å². The van der Waals surface area contributed by atoms with Crippen LogP contribution in [0.2, 0.25) is 0 Å². The fourth-order valence-electron chi connectivity index (χ4n) is 4.65. The molecule has 9 heteroatoms. The zero-order valence-electron chi connectivity index (χ0n) is 19.7. The third-order valence-corrected chi connectivity index (χ3v) is 9.97. The number of H-pyrrole nitrogens is 1. The minimum atomic E-state index is -1.06. The number of rotatable bonds is 5. The van der Waals surface area contributed by atoms with Gasteiger partial charge in [0.1, 0.15) is 5.75 Å². The second-order valence-corrected chi connectivity index (χ2v) is 14.3. The van der Waals surface area contributed by atoms with Crippen LogP contribution in [0, 0.1) is 0 Å². The zero-order valence-corrected chi connectivity index (χ0v) is 20.5. The van der Waals surface area contributed by atoms with Crippen molar-refractivity contribution >= 4 is 33.5 Å². The van der Waals surface area contributed by atoms with Crippen LogP contribution in [0.4, 0.5) is 16.3 Å². The molecule has 0 atom stereocenters. The number of nitrogens with one attached hydrogen (secondary N) is 3. The van der Waals surface area contributed by atoms with E-state index in [4.69, 9.17) is 4.74 Å². The smallest absolute Gasteiger partial charge is 0.322 e.